The number of nitrogens with zero attached hydrogens (tertiary/aromatic N) is 2. The summed E-state index contributed by atoms with van der Waals surface area (Å²) < 4.78 is 5.61. The summed E-state index contributed by atoms with van der Waals surface area (Å²) in [7, 11) is 0. The van der Waals surface area contributed by atoms with Crippen LogP contribution < -0.4 is 4.74 Å². The highest BCUT2D eigenvalue weighted by Crippen LogP contribution is 2.17. The maximum Gasteiger partial charge on any atom is 0.253 e. The van der Waals surface area contributed by atoms with E-state index in [1.165, 1.54) is 0 Å². The van der Waals surface area contributed by atoms with Crippen molar-refractivity contribution in [2.24, 2.45) is 0 Å². The first-order chi connectivity index (χ1) is 9.33. The summed E-state index contributed by atoms with van der Waals surface area (Å²) in [6.07, 6.45) is 1.11. The maximum atomic E-state index is 12.0. The van der Waals surface area contributed by atoms with Crippen LogP contribution in [0.15, 0.2) is 35.2 Å². The fourth-order valence-corrected chi connectivity index (χ4v) is 2.40. The minimum atomic E-state index is 0.109. The van der Waals surface area contributed by atoms with Crippen LogP contribution in [0.2, 0.25) is 0 Å². The summed E-state index contributed by atoms with van der Waals surface area (Å²) in [5.41, 5.74) is 3.43. The summed E-state index contributed by atoms with van der Waals surface area (Å²) in [6, 6.07) is 7.30. The average Bonchev–Trinajstić information content (AvgIpc) is 2.88. The minimum Gasteiger partial charge on any atom is -0.487 e. The van der Waals surface area contributed by atoms with Crippen molar-refractivity contribution in [1.29, 1.82) is 0 Å². The van der Waals surface area contributed by atoms with Crippen LogP contribution in [0.3, 0.4) is 0 Å². The van der Waals surface area contributed by atoms with Crippen LogP contribution in [0, 0.1) is 0 Å². The molecule has 1 aliphatic heterocycles. The van der Waals surface area contributed by atoms with Crippen LogP contribution in [0.1, 0.15) is 22.5 Å². The summed E-state index contributed by atoms with van der Waals surface area (Å²) in [5.74, 6) is 0.866. The van der Waals surface area contributed by atoms with Crippen molar-refractivity contribution in [3.8, 4) is 5.75 Å². The molecule has 1 amide bonds. The largest absolute Gasteiger partial charge is 0.487 e. The van der Waals surface area contributed by atoms with Crippen LogP contribution in [-0.2, 0) is 6.61 Å². The first-order valence-corrected chi connectivity index (χ1v) is 7.16. The number of carbonyl (C=O) groups is 1. The number of hydrogen-bond acceptors (Lipinski definition) is 4. The van der Waals surface area contributed by atoms with Gasteiger partial charge in [0.15, 0.2) is 0 Å². The van der Waals surface area contributed by atoms with E-state index in [0.717, 1.165) is 36.5 Å². The molecule has 1 fully saturated rings. The van der Waals surface area contributed by atoms with Gasteiger partial charge in [-0.05, 0) is 30.7 Å². The lowest BCUT2D eigenvalue weighted by molar-refractivity contribution is 0.0652. The Bertz CT molecular complexity index is 547. The van der Waals surface area contributed by atoms with Gasteiger partial charge < -0.3 is 9.64 Å². The number of likely N-dealkylation sites (tertiary alicyclic amines) is 1. The van der Waals surface area contributed by atoms with Gasteiger partial charge in [-0.1, -0.05) is 0 Å². The molecule has 1 aliphatic rings. The highest BCUT2D eigenvalue weighted by Gasteiger charge is 2.21. The molecule has 2 aromatic rings. The van der Waals surface area contributed by atoms with Gasteiger partial charge in [0.25, 0.3) is 5.91 Å². The molecule has 4 nitrogen and oxygen atoms in total. The molecule has 1 saturated heterocycles. The molecule has 98 valence electrons. The van der Waals surface area contributed by atoms with Crippen molar-refractivity contribution in [3.63, 3.8) is 0 Å². The SMILES string of the molecule is O=C(c1ccc(OCc2cscn2)cc1)N1CCC1. The van der Waals surface area contributed by atoms with Crippen molar-refractivity contribution in [3.05, 3.63) is 46.4 Å². The second-order valence-corrected chi connectivity index (χ2v) is 5.16. The second-order valence-electron chi connectivity index (χ2n) is 4.44. The number of benzene rings is 1. The second kappa shape index (κ2) is 5.40. The molecular weight excluding hydrogens is 260 g/mol. The van der Waals surface area contributed by atoms with E-state index in [-0.39, 0.29) is 5.91 Å². The summed E-state index contributed by atoms with van der Waals surface area (Å²) in [6.45, 7) is 2.21. The lowest BCUT2D eigenvalue weighted by Crippen LogP contribution is -2.41. The zero-order valence-corrected chi connectivity index (χ0v) is 11.2. The fraction of sp³-hybridized carbons (Fsp3) is 0.286. The van der Waals surface area contributed by atoms with E-state index in [0.29, 0.717) is 6.61 Å². The first-order valence-electron chi connectivity index (χ1n) is 6.22. The molecule has 2 heterocycles. The zero-order valence-electron chi connectivity index (χ0n) is 10.4. The van der Waals surface area contributed by atoms with Gasteiger partial charge in [-0.15, -0.1) is 11.3 Å². The average molecular weight is 274 g/mol. The van der Waals surface area contributed by atoms with Gasteiger partial charge in [0.2, 0.25) is 0 Å². The lowest BCUT2D eigenvalue weighted by atomic mass is 10.1. The van der Waals surface area contributed by atoms with E-state index in [2.05, 4.69) is 4.98 Å². The highest BCUT2D eigenvalue weighted by molar-refractivity contribution is 7.07. The molecule has 3 rings (SSSR count). The van der Waals surface area contributed by atoms with Gasteiger partial charge in [-0.2, -0.15) is 0 Å². The smallest absolute Gasteiger partial charge is 0.253 e. The van der Waals surface area contributed by atoms with Gasteiger partial charge in [0.1, 0.15) is 12.4 Å². The van der Waals surface area contributed by atoms with E-state index in [1.54, 1.807) is 16.8 Å². The molecular formula is C14H14N2O2S. The highest BCUT2D eigenvalue weighted by atomic mass is 32.1. The number of rotatable bonds is 4. The van der Waals surface area contributed by atoms with Crippen LogP contribution >= 0.6 is 11.3 Å². The van der Waals surface area contributed by atoms with E-state index in [9.17, 15) is 4.79 Å². The first kappa shape index (κ1) is 12.2. The molecule has 0 atom stereocenters. The molecule has 1 aromatic heterocycles. The molecule has 0 unspecified atom stereocenters. The number of amides is 1. The number of hydrogen-bond donors (Lipinski definition) is 0. The van der Waals surface area contributed by atoms with Crippen LogP contribution in [0.5, 0.6) is 5.75 Å². The van der Waals surface area contributed by atoms with E-state index in [1.807, 2.05) is 34.5 Å². The Morgan fingerprint density at radius 2 is 2.11 bits per heavy atom. The Hall–Kier alpha value is -1.88. The molecule has 0 radical (unpaired) electrons. The fourth-order valence-electron chi connectivity index (χ4n) is 1.86. The van der Waals surface area contributed by atoms with Crippen LogP contribution in [-0.4, -0.2) is 28.9 Å². The zero-order chi connectivity index (χ0) is 13.1. The lowest BCUT2D eigenvalue weighted by Gasteiger charge is -2.30. The Balaban J connectivity index is 1.60. The van der Waals surface area contributed by atoms with Gasteiger partial charge in [0.05, 0.1) is 11.2 Å². The maximum absolute atomic E-state index is 12.0. The Labute approximate surface area is 115 Å². The predicted molar refractivity (Wildman–Crippen MR) is 73.4 cm³/mol. The van der Waals surface area contributed by atoms with Crippen molar-refractivity contribution in [2.45, 2.75) is 13.0 Å². The monoisotopic (exact) mass is 274 g/mol. The third-order valence-electron chi connectivity index (χ3n) is 3.11. The quantitative estimate of drug-likeness (QED) is 0.860. The molecule has 0 N–H and O–H groups in total. The number of thiazole rings is 1. The van der Waals surface area contributed by atoms with Crippen LogP contribution in [0.4, 0.5) is 0 Å². The molecule has 0 bridgehead atoms. The van der Waals surface area contributed by atoms with Gasteiger partial charge in [-0.3, -0.25) is 4.79 Å². The van der Waals surface area contributed by atoms with Gasteiger partial charge in [0, 0.05) is 24.0 Å². The van der Waals surface area contributed by atoms with Crippen molar-refractivity contribution >= 4 is 17.2 Å². The third kappa shape index (κ3) is 2.76. The van der Waals surface area contributed by atoms with Crippen molar-refractivity contribution < 1.29 is 9.53 Å². The van der Waals surface area contributed by atoms with Crippen molar-refractivity contribution in [1.82, 2.24) is 9.88 Å². The molecule has 0 saturated carbocycles. The third-order valence-corrected chi connectivity index (χ3v) is 3.75. The number of carbonyl (C=O) groups excluding carboxylic acids is 1. The molecule has 1 aromatic carbocycles. The standard InChI is InChI=1S/C14H14N2O2S/c17-14(16-6-1-7-16)11-2-4-13(5-3-11)18-8-12-9-19-10-15-12/h2-5,9-10H,1,6-8H2. The number of ether oxygens (including phenoxy) is 1. The Kier molecular flexibility index (Phi) is 3.46. The molecule has 0 aliphatic carbocycles. The van der Waals surface area contributed by atoms with Crippen LogP contribution in [0.25, 0.3) is 0 Å². The van der Waals surface area contributed by atoms with Crippen molar-refractivity contribution in [2.75, 3.05) is 13.1 Å². The van der Waals surface area contributed by atoms with Gasteiger partial charge >= 0.3 is 0 Å². The minimum absolute atomic E-state index is 0.109. The summed E-state index contributed by atoms with van der Waals surface area (Å²) in [5, 5.41) is 1.96. The summed E-state index contributed by atoms with van der Waals surface area (Å²) in [4.78, 5) is 18.0. The van der Waals surface area contributed by atoms with E-state index in [4.69, 9.17) is 4.74 Å². The normalized spacial score (nSPS) is 14.0. The van der Waals surface area contributed by atoms with E-state index < -0.39 is 0 Å². The predicted octanol–water partition coefficient (Wildman–Crippen LogP) is 2.57. The molecule has 5 heteroatoms. The Morgan fingerprint density at radius 1 is 1.32 bits per heavy atom. The molecule has 0 spiro atoms. The summed E-state index contributed by atoms with van der Waals surface area (Å²) >= 11 is 1.55. The van der Waals surface area contributed by atoms with Gasteiger partial charge in [-0.25, -0.2) is 4.98 Å². The van der Waals surface area contributed by atoms with E-state index >= 15 is 0 Å². The Morgan fingerprint density at radius 3 is 2.68 bits per heavy atom. The molecule has 19 heavy (non-hydrogen) atoms. The number of aromatic nitrogens is 1. The topological polar surface area (TPSA) is 42.4 Å².